The maximum Gasteiger partial charge on any atom is 0.317 e. The second kappa shape index (κ2) is 21.0. The number of carbonyl (C=O) groups excluding carboxylic acids is 1. The van der Waals surface area contributed by atoms with Crippen LogP contribution in [0.5, 0.6) is 0 Å². The lowest BCUT2D eigenvalue weighted by molar-refractivity contribution is -0.373. The fraction of sp³-hybridized carbons (Fsp3) is 0.943. The van der Waals surface area contributed by atoms with Crippen molar-refractivity contribution in [3.05, 3.63) is 11.6 Å². The molecule has 436 valence electrons. The van der Waals surface area contributed by atoms with E-state index in [0.717, 1.165) is 5.57 Å². The quantitative estimate of drug-likeness (QED) is 0.0615. The van der Waals surface area contributed by atoms with Gasteiger partial charge in [-0.2, -0.15) is 0 Å². The monoisotopic (exact) mass is 1090 g/mol. The molecule has 4 aliphatic heterocycles. The van der Waals surface area contributed by atoms with Crippen LogP contribution in [0.3, 0.4) is 0 Å². The van der Waals surface area contributed by atoms with E-state index < -0.39 is 187 Å². The standard InChI is InChI=1S/C53H86O23/c1-21-31(59)35(63)41(74-44-39(67)36(64)40(22(2)71-44)73-43-37(65)32(60)26(57)19-69-43)46(70-21)76-47(68)53-14-13-48(3,4)15-24(53)23-9-10-29-49(5)16-25(56)42(75-45-38(66)34(62)33(61)27(18-54)72-45)50(6,20-55)28(49)11-12-51(29,7)52(23,8)17-30(53)58/h9,21-22,24-46,54-67H,10-20H2,1-8H3/t21-,22+,24-,25+,26-,27-,28?,29-,30-,31+,32+,33-,34+,35+,36+,37-,38-,39-,40+,41-,42+,43+,44+,45+,46+,49+,50+,51-,52-,53-/m1/s1. The molecule has 9 aliphatic rings. The number of hydrogen-bond donors (Lipinski definition) is 14. The van der Waals surface area contributed by atoms with Crippen molar-refractivity contribution in [2.75, 3.05) is 19.8 Å². The van der Waals surface area contributed by atoms with Crippen molar-refractivity contribution in [1.82, 2.24) is 0 Å². The molecular weight excluding hydrogens is 1000 g/mol. The third kappa shape index (κ3) is 9.18. The molecule has 1 unspecified atom stereocenters. The van der Waals surface area contributed by atoms with Gasteiger partial charge in [0, 0.05) is 5.41 Å². The van der Waals surface area contributed by atoms with Gasteiger partial charge in [0.25, 0.3) is 0 Å². The summed E-state index contributed by atoms with van der Waals surface area (Å²) < 4.78 is 47.5. The van der Waals surface area contributed by atoms with E-state index in [1.54, 1.807) is 0 Å². The number of ether oxygens (including phenoxy) is 8. The predicted molar refractivity (Wildman–Crippen MR) is 258 cm³/mol. The Kier molecular flexibility index (Phi) is 16.3. The summed E-state index contributed by atoms with van der Waals surface area (Å²) in [5.74, 6) is -1.75. The van der Waals surface area contributed by atoms with Gasteiger partial charge in [0.05, 0.1) is 50.3 Å². The van der Waals surface area contributed by atoms with Crippen LogP contribution in [0.4, 0.5) is 0 Å². The smallest absolute Gasteiger partial charge is 0.317 e. The van der Waals surface area contributed by atoms with Gasteiger partial charge in [-0.25, -0.2) is 0 Å². The second-order valence-electron chi connectivity index (χ2n) is 25.9. The SMILES string of the molecule is C[C@@H]1O[C@@H](O[C@H]2[C@H](OC(=O)[C@]34CCC(C)(C)C[C@@H]3C3=CC[C@@H]5[C@@]6(C)C[C@H](O)[C@H](O[C@@H]7O[C@H](CO)[C@@H](O)[C@H](O)[C@H]7O)[C@@](C)(CO)C6CC[C@@]5(C)[C@]3(C)C[C@H]4O)O[C@H](C)[C@H](O)[C@@H]2O)[C@H](O)[C@H](O)[C@H]1O[C@@H]1OC[C@@H](O)[C@H](O)[C@H]1O. The fourth-order valence-corrected chi connectivity index (χ4v) is 16.4. The zero-order chi connectivity index (χ0) is 55.7. The van der Waals surface area contributed by atoms with Crippen LogP contribution in [0.25, 0.3) is 0 Å². The van der Waals surface area contributed by atoms with Crippen molar-refractivity contribution < 1.29 is 114 Å². The molecule has 23 heteroatoms. The molecule has 4 saturated heterocycles. The number of esters is 1. The van der Waals surface area contributed by atoms with Crippen molar-refractivity contribution in [3.8, 4) is 0 Å². The zero-order valence-corrected chi connectivity index (χ0v) is 44.7. The topological polar surface area (TPSA) is 374 Å². The molecule has 4 heterocycles. The third-order valence-electron chi connectivity index (χ3n) is 21.1. The van der Waals surface area contributed by atoms with Crippen LogP contribution in [-0.4, -0.2) is 232 Å². The van der Waals surface area contributed by atoms with Crippen molar-refractivity contribution in [2.24, 2.45) is 50.2 Å². The Morgan fingerprint density at radius 1 is 0.618 bits per heavy atom. The molecule has 0 radical (unpaired) electrons. The van der Waals surface area contributed by atoms with Gasteiger partial charge in [-0.15, -0.1) is 0 Å². The Bertz CT molecular complexity index is 2120. The summed E-state index contributed by atoms with van der Waals surface area (Å²) in [6, 6.07) is 0. The van der Waals surface area contributed by atoms with Gasteiger partial charge < -0.3 is 109 Å². The van der Waals surface area contributed by atoms with Gasteiger partial charge >= 0.3 is 5.97 Å². The molecule has 0 aromatic heterocycles. The summed E-state index contributed by atoms with van der Waals surface area (Å²) in [7, 11) is 0. The predicted octanol–water partition coefficient (Wildman–Crippen LogP) is -2.43. The van der Waals surface area contributed by atoms with E-state index in [1.165, 1.54) is 13.8 Å². The first-order valence-electron chi connectivity index (χ1n) is 27.3. The number of aliphatic hydroxyl groups excluding tert-OH is 14. The van der Waals surface area contributed by atoms with Crippen LogP contribution in [-0.2, 0) is 42.7 Å². The first-order chi connectivity index (χ1) is 35.5. The highest BCUT2D eigenvalue weighted by Gasteiger charge is 2.73. The number of hydrogen-bond acceptors (Lipinski definition) is 23. The maximum atomic E-state index is 15.4. The first kappa shape index (κ1) is 59.0. The highest BCUT2D eigenvalue weighted by atomic mass is 16.8. The minimum Gasteiger partial charge on any atom is -0.432 e. The van der Waals surface area contributed by atoms with Crippen LogP contribution < -0.4 is 0 Å². The van der Waals surface area contributed by atoms with Crippen molar-refractivity contribution in [3.63, 3.8) is 0 Å². The third-order valence-corrected chi connectivity index (χ3v) is 21.1. The van der Waals surface area contributed by atoms with Gasteiger partial charge in [0.15, 0.2) is 25.0 Å². The van der Waals surface area contributed by atoms with E-state index >= 15 is 4.79 Å². The van der Waals surface area contributed by atoms with Gasteiger partial charge in [-0.1, -0.05) is 53.2 Å². The highest BCUT2D eigenvalue weighted by molar-refractivity contribution is 5.80. The summed E-state index contributed by atoms with van der Waals surface area (Å²) in [6.45, 7) is 14.0. The molecule has 0 aromatic carbocycles. The molecule has 76 heavy (non-hydrogen) atoms. The molecule has 4 saturated carbocycles. The molecule has 0 amide bonds. The molecule has 0 bridgehead atoms. The van der Waals surface area contributed by atoms with Gasteiger partial charge in [-0.3, -0.25) is 4.79 Å². The van der Waals surface area contributed by atoms with Crippen LogP contribution in [0.2, 0.25) is 0 Å². The Hall–Kier alpha value is -1.63. The van der Waals surface area contributed by atoms with Crippen molar-refractivity contribution in [1.29, 1.82) is 0 Å². The van der Waals surface area contributed by atoms with Gasteiger partial charge in [0.1, 0.15) is 78.7 Å². The molecule has 30 atom stereocenters. The molecular formula is C53H86O23. The van der Waals surface area contributed by atoms with E-state index in [2.05, 4.69) is 40.7 Å². The van der Waals surface area contributed by atoms with Crippen LogP contribution in [0.1, 0.15) is 107 Å². The molecule has 0 spiro atoms. The van der Waals surface area contributed by atoms with Gasteiger partial charge in [-0.05, 0) is 105 Å². The van der Waals surface area contributed by atoms with Crippen LogP contribution in [0.15, 0.2) is 11.6 Å². The van der Waals surface area contributed by atoms with Crippen LogP contribution in [0, 0.1) is 50.2 Å². The van der Waals surface area contributed by atoms with E-state index in [1.807, 2.05) is 6.92 Å². The Balaban J connectivity index is 0.972. The molecule has 9 rings (SSSR count). The molecule has 8 fully saturated rings. The minimum absolute atomic E-state index is 0.123. The van der Waals surface area contributed by atoms with Crippen molar-refractivity contribution in [2.45, 2.75) is 242 Å². The summed E-state index contributed by atoms with van der Waals surface area (Å²) in [5.41, 5.74) is -3.82. The Morgan fingerprint density at radius 2 is 1.24 bits per heavy atom. The average Bonchev–Trinajstić information content (AvgIpc) is 3.36. The Morgan fingerprint density at radius 3 is 1.91 bits per heavy atom. The summed E-state index contributed by atoms with van der Waals surface area (Å²) >= 11 is 0. The number of allylic oxidation sites excluding steroid dienone is 2. The Labute approximate surface area is 442 Å². The normalized spacial score (nSPS) is 56.2. The number of carbonyl (C=O) groups is 1. The molecule has 0 aromatic rings. The minimum atomic E-state index is -1.90. The maximum absolute atomic E-state index is 15.4. The number of rotatable bonds is 10. The van der Waals surface area contributed by atoms with E-state index in [0.29, 0.717) is 32.1 Å². The number of fused-ring (bicyclic) bond motifs is 7. The average molecular weight is 1090 g/mol. The van der Waals surface area contributed by atoms with E-state index in [4.69, 9.17) is 37.9 Å². The molecule has 5 aliphatic carbocycles. The van der Waals surface area contributed by atoms with E-state index in [-0.39, 0.29) is 43.1 Å². The lowest BCUT2D eigenvalue weighted by Gasteiger charge is -2.72. The lowest BCUT2D eigenvalue weighted by Crippen LogP contribution is -2.70. The molecule has 14 N–H and O–H groups in total. The van der Waals surface area contributed by atoms with Crippen LogP contribution >= 0.6 is 0 Å². The fourth-order valence-electron chi connectivity index (χ4n) is 16.4. The molecule has 23 nitrogen and oxygen atoms in total. The lowest BCUT2D eigenvalue weighted by atomic mass is 9.33. The van der Waals surface area contributed by atoms with E-state index in [9.17, 15) is 71.5 Å². The summed E-state index contributed by atoms with van der Waals surface area (Å²) in [4.78, 5) is 15.4. The zero-order valence-electron chi connectivity index (χ0n) is 44.7. The summed E-state index contributed by atoms with van der Waals surface area (Å²) in [6.07, 6.45) is -27.9. The van der Waals surface area contributed by atoms with Gasteiger partial charge in [0.2, 0.25) is 6.29 Å². The highest BCUT2D eigenvalue weighted by Crippen LogP contribution is 2.76. The first-order valence-corrected chi connectivity index (χ1v) is 27.3. The van der Waals surface area contributed by atoms with Crippen molar-refractivity contribution >= 4 is 5.97 Å². The largest absolute Gasteiger partial charge is 0.432 e. The number of aliphatic hydroxyl groups is 14. The summed E-state index contributed by atoms with van der Waals surface area (Å²) in [5, 5.41) is 154. The second-order valence-corrected chi connectivity index (χ2v) is 25.9.